The van der Waals surface area contributed by atoms with Crippen LogP contribution in [0.5, 0.6) is 0 Å². The number of rotatable bonds is 4. The van der Waals surface area contributed by atoms with Crippen molar-refractivity contribution in [3.8, 4) is 0 Å². The third kappa shape index (κ3) is 4.50. The highest BCUT2D eigenvalue weighted by molar-refractivity contribution is 7.98. The number of carbonyl (C=O) groups excluding carboxylic acids is 1. The van der Waals surface area contributed by atoms with Crippen molar-refractivity contribution in [2.24, 2.45) is 0 Å². The normalized spacial score (nSPS) is 17.6. The largest absolute Gasteiger partial charge is 0.323 e. The summed E-state index contributed by atoms with van der Waals surface area (Å²) in [5.41, 5.74) is 2.14. The van der Waals surface area contributed by atoms with Gasteiger partial charge in [0.1, 0.15) is 0 Å². The van der Waals surface area contributed by atoms with Crippen LogP contribution in [0.15, 0.2) is 22.4 Å². The fraction of sp³-hybridized carbons (Fsp3) is 0.529. The molecule has 1 fully saturated rings. The molecule has 10 heteroatoms. The summed E-state index contributed by atoms with van der Waals surface area (Å²) < 4.78 is 1.59. The van der Waals surface area contributed by atoms with Gasteiger partial charge in [0.2, 0.25) is 0 Å². The van der Waals surface area contributed by atoms with Crippen molar-refractivity contribution in [1.29, 1.82) is 0 Å². The van der Waals surface area contributed by atoms with E-state index in [0.717, 1.165) is 48.8 Å². The number of nitrogens with zero attached hydrogens (tertiary/aromatic N) is 5. The van der Waals surface area contributed by atoms with Crippen LogP contribution in [0, 0.1) is 0 Å². The van der Waals surface area contributed by atoms with Crippen molar-refractivity contribution in [3.05, 3.63) is 39.3 Å². The number of aryl methyl sites for hydroxylation is 1. The lowest BCUT2D eigenvalue weighted by Crippen LogP contribution is -2.50. The van der Waals surface area contributed by atoms with Crippen LogP contribution in [0.1, 0.15) is 11.3 Å². The molecule has 8 nitrogen and oxygen atoms in total. The van der Waals surface area contributed by atoms with E-state index in [4.69, 9.17) is 0 Å². The van der Waals surface area contributed by atoms with E-state index in [0.29, 0.717) is 24.8 Å². The lowest BCUT2D eigenvalue weighted by atomic mass is 10.2. The molecule has 0 aliphatic carbocycles. The van der Waals surface area contributed by atoms with Gasteiger partial charge in [0.15, 0.2) is 5.13 Å². The second-order valence-corrected chi connectivity index (χ2v) is 8.58. The predicted molar refractivity (Wildman–Crippen MR) is 108 cm³/mol. The molecule has 2 amide bonds. The highest BCUT2D eigenvalue weighted by Gasteiger charge is 2.22. The molecule has 0 radical (unpaired) electrons. The van der Waals surface area contributed by atoms with E-state index < -0.39 is 0 Å². The van der Waals surface area contributed by atoms with Gasteiger partial charge in [-0.1, -0.05) is 0 Å². The summed E-state index contributed by atoms with van der Waals surface area (Å²) >= 11 is 3.27. The molecular weight excluding hydrogens is 384 g/mol. The van der Waals surface area contributed by atoms with E-state index in [-0.39, 0.29) is 11.6 Å². The van der Waals surface area contributed by atoms with Crippen molar-refractivity contribution >= 4 is 34.3 Å². The molecule has 2 aliphatic heterocycles. The Morgan fingerprint density at radius 3 is 2.85 bits per heavy atom. The van der Waals surface area contributed by atoms with Crippen LogP contribution in [0.4, 0.5) is 9.93 Å². The summed E-state index contributed by atoms with van der Waals surface area (Å²) in [6.45, 7) is 4.28. The predicted octanol–water partition coefficient (Wildman–Crippen LogP) is 1.34. The topological polar surface area (TPSA) is 83.4 Å². The molecule has 2 aromatic rings. The molecule has 27 heavy (non-hydrogen) atoms. The molecule has 0 unspecified atom stereocenters. The Hall–Kier alpha value is -1.91. The van der Waals surface area contributed by atoms with E-state index in [1.807, 2.05) is 17.1 Å². The molecule has 0 bridgehead atoms. The average molecular weight is 407 g/mol. The highest BCUT2D eigenvalue weighted by atomic mass is 32.2. The van der Waals surface area contributed by atoms with Crippen LogP contribution in [0.25, 0.3) is 0 Å². The first-order valence-corrected chi connectivity index (χ1v) is 11.1. The van der Waals surface area contributed by atoms with Gasteiger partial charge in [-0.15, -0.1) is 11.3 Å². The van der Waals surface area contributed by atoms with Gasteiger partial charge >= 0.3 is 6.03 Å². The molecule has 2 aromatic heterocycles. The summed E-state index contributed by atoms with van der Waals surface area (Å²) in [4.78, 5) is 32.7. The van der Waals surface area contributed by atoms with Crippen molar-refractivity contribution < 1.29 is 4.79 Å². The zero-order valence-electron chi connectivity index (χ0n) is 15.0. The van der Waals surface area contributed by atoms with E-state index in [9.17, 15) is 9.59 Å². The van der Waals surface area contributed by atoms with Crippen molar-refractivity contribution in [3.63, 3.8) is 0 Å². The first kappa shape index (κ1) is 18.5. The minimum Gasteiger partial charge on any atom is -0.322 e. The molecule has 1 N–H and O–H groups in total. The first-order valence-electron chi connectivity index (χ1n) is 9.04. The second kappa shape index (κ2) is 8.41. The molecule has 144 valence electrons. The monoisotopic (exact) mass is 406 g/mol. The molecule has 0 saturated carbocycles. The molecule has 2 aliphatic rings. The van der Waals surface area contributed by atoms with Crippen LogP contribution in [-0.2, 0) is 18.7 Å². The maximum absolute atomic E-state index is 12.3. The summed E-state index contributed by atoms with van der Waals surface area (Å²) in [6.07, 6.45) is 2.61. The zero-order valence-corrected chi connectivity index (χ0v) is 16.6. The molecule has 0 atom stereocenters. The average Bonchev–Trinajstić information content (AvgIpc) is 3.19. The van der Waals surface area contributed by atoms with Gasteiger partial charge in [0.05, 0.1) is 12.2 Å². The van der Waals surface area contributed by atoms with E-state index in [1.165, 1.54) is 11.3 Å². The number of urea groups is 1. The first-order chi connectivity index (χ1) is 13.2. The van der Waals surface area contributed by atoms with Crippen molar-refractivity contribution in [1.82, 2.24) is 24.6 Å². The van der Waals surface area contributed by atoms with Gasteiger partial charge in [-0.3, -0.25) is 15.0 Å². The fourth-order valence-corrected chi connectivity index (χ4v) is 4.75. The van der Waals surface area contributed by atoms with Crippen molar-refractivity contribution in [2.45, 2.75) is 18.7 Å². The molecule has 4 heterocycles. The Morgan fingerprint density at radius 2 is 2.07 bits per heavy atom. The summed E-state index contributed by atoms with van der Waals surface area (Å²) in [5, 5.41) is 9.85. The minimum absolute atomic E-state index is 0.0160. The Labute approximate surface area is 165 Å². The zero-order chi connectivity index (χ0) is 18.6. The number of hydrogen-bond acceptors (Lipinski definition) is 7. The summed E-state index contributed by atoms with van der Waals surface area (Å²) in [7, 11) is 0. The van der Waals surface area contributed by atoms with Crippen molar-refractivity contribution in [2.75, 3.05) is 43.8 Å². The summed E-state index contributed by atoms with van der Waals surface area (Å²) in [6, 6.07) is 1.64. The van der Waals surface area contributed by atoms with Gasteiger partial charge in [-0.2, -0.15) is 16.9 Å². The fourth-order valence-electron chi connectivity index (χ4n) is 3.28. The number of piperazine rings is 1. The maximum atomic E-state index is 12.3. The SMILES string of the molecule is O=C(Nc1nccs1)N1CCN(CCn2nc3c(cc2=O)CSCC3)CC1. The van der Waals surface area contributed by atoms with Gasteiger partial charge < -0.3 is 4.90 Å². The number of aromatic nitrogens is 3. The second-order valence-electron chi connectivity index (χ2n) is 6.58. The number of anilines is 1. The number of amides is 2. The molecule has 0 spiro atoms. The van der Waals surface area contributed by atoms with Crippen LogP contribution < -0.4 is 10.9 Å². The van der Waals surface area contributed by atoms with Gasteiger partial charge in [0, 0.05) is 62.5 Å². The number of thioether (sulfide) groups is 1. The van der Waals surface area contributed by atoms with E-state index in [2.05, 4.69) is 20.3 Å². The number of fused-ring (bicyclic) bond motifs is 1. The lowest BCUT2D eigenvalue weighted by molar-refractivity contribution is 0.143. The Bertz CT molecular complexity index is 846. The quantitative estimate of drug-likeness (QED) is 0.825. The van der Waals surface area contributed by atoms with Gasteiger partial charge in [-0.05, 0) is 11.3 Å². The van der Waals surface area contributed by atoms with Crippen LogP contribution in [0.3, 0.4) is 0 Å². The molecular formula is C17H22N6O2S2. The van der Waals surface area contributed by atoms with Crippen LogP contribution in [-0.4, -0.2) is 69.1 Å². The smallest absolute Gasteiger partial charge is 0.322 e. The minimum atomic E-state index is -0.102. The molecule has 4 rings (SSSR count). The maximum Gasteiger partial charge on any atom is 0.323 e. The number of thiazole rings is 1. The van der Waals surface area contributed by atoms with Crippen LogP contribution in [0.2, 0.25) is 0 Å². The summed E-state index contributed by atoms with van der Waals surface area (Å²) in [5.74, 6) is 1.96. The van der Waals surface area contributed by atoms with Gasteiger partial charge in [-0.25, -0.2) is 14.5 Å². The standard InChI is InChI=1S/C17H22N6O2S2/c24-15-11-13-12-26-9-1-14(13)20-23(15)8-5-21-3-6-22(7-4-21)17(25)19-16-18-2-10-27-16/h2,10-11H,1,3-9,12H2,(H,18,19,25). The molecule has 0 aromatic carbocycles. The third-order valence-electron chi connectivity index (χ3n) is 4.84. The van der Waals surface area contributed by atoms with Gasteiger partial charge in [0.25, 0.3) is 5.56 Å². The number of nitrogens with one attached hydrogen (secondary N) is 1. The number of hydrogen-bond donors (Lipinski definition) is 1. The Kier molecular flexibility index (Phi) is 5.74. The lowest BCUT2D eigenvalue weighted by Gasteiger charge is -2.34. The number of carbonyl (C=O) groups is 1. The Balaban J connectivity index is 1.27. The van der Waals surface area contributed by atoms with Crippen LogP contribution >= 0.6 is 23.1 Å². The van der Waals surface area contributed by atoms with E-state index >= 15 is 0 Å². The third-order valence-corrected chi connectivity index (χ3v) is 6.54. The Morgan fingerprint density at radius 1 is 1.22 bits per heavy atom. The molecule has 1 saturated heterocycles. The highest BCUT2D eigenvalue weighted by Crippen LogP contribution is 2.21. The van der Waals surface area contributed by atoms with E-state index in [1.54, 1.807) is 21.8 Å².